The Morgan fingerprint density at radius 3 is 2.68 bits per heavy atom. The monoisotopic (exact) mass is 388 g/mol. The molecule has 6 heteroatoms. The maximum atomic E-state index is 11.4. The van der Waals surface area contributed by atoms with E-state index in [1.807, 2.05) is 18.2 Å². The SMILES string of the molecule is CN=C(NCc1ccc(OC)c(NC(C)=O)c1)NC(C)CCC1CCCCC1. The van der Waals surface area contributed by atoms with Crippen LogP contribution in [0.2, 0.25) is 0 Å². The van der Waals surface area contributed by atoms with Gasteiger partial charge in [0.25, 0.3) is 0 Å². The second-order valence-corrected chi connectivity index (χ2v) is 7.77. The Hall–Kier alpha value is -2.24. The van der Waals surface area contributed by atoms with Crippen LogP contribution in [0, 0.1) is 5.92 Å². The fraction of sp³-hybridized carbons (Fsp3) is 0.636. The summed E-state index contributed by atoms with van der Waals surface area (Å²) in [5, 5.41) is 9.66. The van der Waals surface area contributed by atoms with E-state index in [2.05, 4.69) is 27.9 Å². The van der Waals surface area contributed by atoms with Crippen LogP contribution < -0.4 is 20.7 Å². The van der Waals surface area contributed by atoms with Gasteiger partial charge >= 0.3 is 0 Å². The van der Waals surface area contributed by atoms with Crippen molar-refractivity contribution in [2.45, 2.75) is 71.4 Å². The minimum Gasteiger partial charge on any atom is -0.495 e. The lowest BCUT2D eigenvalue weighted by atomic mass is 9.85. The zero-order chi connectivity index (χ0) is 20.4. The summed E-state index contributed by atoms with van der Waals surface area (Å²) < 4.78 is 5.31. The molecular weight excluding hydrogens is 352 g/mol. The fourth-order valence-electron chi connectivity index (χ4n) is 3.80. The summed E-state index contributed by atoms with van der Waals surface area (Å²) in [7, 11) is 3.39. The molecule has 6 nitrogen and oxygen atoms in total. The minimum atomic E-state index is -0.118. The van der Waals surface area contributed by atoms with Crippen LogP contribution in [0.5, 0.6) is 5.75 Å². The third kappa shape index (κ3) is 7.41. The highest BCUT2D eigenvalue weighted by atomic mass is 16.5. The Morgan fingerprint density at radius 2 is 2.04 bits per heavy atom. The van der Waals surface area contributed by atoms with E-state index in [4.69, 9.17) is 4.74 Å². The van der Waals surface area contributed by atoms with Crippen molar-refractivity contribution in [3.63, 3.8) is 0 Å². The van der Waals surface area contributed by atoms with Gasteiger partial charge in [-0.2, -0.15) is 0 Å². The zero-order valence-electron chi connectivity index (χ0n) is 17.8. The molecule has 0 aromatic heterocycles. The summed E-state index contributed by atoms with van der Waals surface area (Å²) in [4.78, 5) is 15.7. The summed E-state index contributed by atoms with van der Waals surface area (Å²) in [5.74, 6) is 2.23. The molecule has 156 valence electrons. The Labute approximate surface area is 169 Å². The number of hydrogen-bond acceptors (Lipinski definition) is 3. The number of aliphatic imine (C=N–C) groups is 1. The summed E-state index contributed by atoms with van der Waals surface area (Å²) in [6.45, 7) is 4.33. The molecular formula is C22H36N4O2. The molecule has 2 rings (SSSR count). The van der Waals surface area contributed by atoms with Gasteiger partial charge in [0.1, 0.15) is 5.75 Å². The predicted octanol–water partition coefficient (Wildman–Crippen LogP) is 4.07. The van der Waals surface area contributed by atoms with Crippen molar-refractivity contribution in [2.75, 3.05) is 19.5 Å². The van der Waals surface area contributed by atoms with Crippen LogP contribution in [-0.2, 0) is 11.3 Å². The molecule has 1 atom stereocenters. The van der Waals surface area contributed by atoms with Gasteiger partial charge in [-0.1, -0.05) is 38.2 Å². The lowest BCUT2D eigenvalue weighted by molar-refractivity contribution is -0.114. The van der Waals surface area contributed by atoms with Gasteiger partial charge in [-0.3, -0.25) is 9.79 Å². The number of amides is 1. The molecule has 28 heavy (non-hydrogen) atoms. The highest BCUT2D eigenvalue weighted by Gasteiger charge is 2.15. The first-order valence-corrected chi connectivity index (χ1v) is 10.4. The molecule has 1 fully saturated rings. The van der Waals surface area contributed by atoms with E-state index in [0.717, 1.165) is 17.4 Å². The van der Waals surface area contributed by atoms with Crippen molar-refractivity contribution in [1.29, 1.82) is 0 Å². The second kappa shape index (κ2) is 11.6. The maximum absolute atomic E-state index is 11.4. The highest BCUT2D eigenvalue weighted by molar-refractivity contribution is 5.90. The molecule has 0 bridgehead atoms. The van der Waals surface area contributed by atoms with E-state index in [-0.39, 0.29) is 5.91 Å². The maximum Gasteiger partial charge on any atom is 0.221 e. The average Bonchev–Trinajstić information content (AvgIpc) is 2.70. The first-order chi connectivity index (χ1) is 13.5. The van der Waals surface area contributed by atoms with Gasteiger partial charge in [0.15, 0.2) is 5.96 Å². The van der Waals surface area contributed by atoms with Gasteiger partial charge in [0.2, 0.25) is 5.91 Å². The average molecular weight is 389 g/mol. The summed E-state index contributed by atoms with van der Waals surface area (Å²) in [6, 6.07) is 6.16. The minimum absolute atomic E-state index is 0.118. The lowest BCUT2D eigenvalue weighted by Crippen LogP contribution is -2.42. The van der Waals surface area contributed by atoms with Crippen molar-refractivity contribution in [3.05, 3.63) is 23.8 Å². The van der Waals surface area contributed by atoms with Gasteiger partial charge in [0.05, 0.1) is 12.8 Å². The molecule has 1 aromatic carbocycles. The van der Waals surface area contributed by atoms with Crippen LogP contribution >= 0.6 is 0 Å². The molecule has 1 aliphatic rings. The van der Waals surface area contributed by atoms with E-state index in [0.29, 0.717) is 24.0 Å². The van der Waals surface area contributed by atoms with Crippen molar-refractivity contribution < 1.29 is 9.53 Å². The number of guanidine groups is 1. The number of carbonyl (C=O) groups is 1. The van der Waals surface area contributed by atoms with Crippen molar-refractivity contribution >= 4 is 17.6 Å². The number of ether oxygens (including phenoxy) is 1. The standard InChI is InChI=1S/C22H36N4O2/c1-16(10-11-18-8-6-5-7-9-18)25-22(23-3)24-15-19-12-13-21(28-4)20(14-19)26-17(2)27/h12-14,16,18H,5-11,15H2,1-4H3,(H,26,27)(H2,23,24,25). The summed E-state index contributed by atoms with van der Waals surface area (Å²) >= 11 is 0. The van der Waals surface area contributed by atoms with Crippen LogP contribution in [-0.4, -0.2) is 32.1 Å². The topological polar surface area (TPSA) is 74.8 Å². The molecule has 0 spiro atoms. The molecule has 1 aromatic rings. The van der Waals surface area contributed by atoms with Crippen LogP contribution in [0.4, 0.5) is 5.69 Å². The van der Waals surface area contributed by atoms with Crippen LogP contribution in [0.15, 0.2) is 23.2 Å². The number of nitrogens with zero attached hydrogens (tertiary/aromatic N) is 1. The molecule has 0 radical (unpaired) electrons. The van der Waals surface area contributed by atoms with Crippen molar-refractivity contribution in [2.24, 2.45) is 10.9 Å². The Morgan fingerprint density at radius 1 is 1.29 bits per heavy atom. The number of carbonyl (C=O) groups excluding carboxylic acids is 1. The number of anilines is 1. The quantitative estimate of drug-likeness (QED) is 0.464. The zero-order valence-corrected chi connectivity index (χ0v) is 17.8. The van der Waals surface area contributed by atoms with Crippen LogP contribution in [0.1, 0.15) is 64.4 Å². The normalized spacial score (nSPS) is 16.4. The third-order valence-electron chi connectivity index (χ3n) is 5.37. The first kappa shape index (κ1) is 22.1. The number of methoxy groups -OCH3 is 1. The first-order valence-electron chi connectivity index (χ1n) is 10.4. The Bertz CT molecular complexity index is 654. The Balaban J connectivity index is 1.83. The number of hydrogen-bond donors (Lipinski definition) is 3. The van der Waals surface area contributed by atoms with E-state index >= 15 is 0 Å². The van der Waals surface area contributed by atoms with Gasteiger partial charge in [0, 0.05) is 26.6 Å². The van der Waals surface area contributed by atoms with E-state index in [1.54, 1.807) is 14.2 Å². The van der Waals surface area contributed by atoms with Crippen molar-refractivity contribution in [3.8, 4) is 5.75 Å². The molecule has 1 amide bonds. The molecule has 0 heterocycles. The smallest absolute Gasteiger partial charge is 0.221 e. The van der Waals surface area contributed by atoms with E-state index in [1.165, 1.54) is 51.9 Å². The summed E-state index contributed by atoms with van der Waals surface area (Å²) in [5.41, 5.74) is 1.72. The Kier molecular flexibility index (Phi) is 9.11. The number of nitrogens with one attached hydrogen (secondary N) is 3. The van der Waals surface area contributed by atoms with Crippen molar-refractivity contribution in [1.82, 2.24) is 10.6 Å². The number of benzene rings is 1. The number of rotatable bonds is 8. The summed E-state index contributed by atoms with van der Waals surface area (Å²) in [6.07, 6.45) is 9.47. The van der Waals surface area contributed by atoms with Gasteiger partial charge in [-0.25, -0.2) is 0 Å². The molecule has 0 aliphatic heterocycles. The molecule has 1 aliphatic carbocycles. The molecule has 3 N–H and O–H groups in total. The molecule has 1 saturated carbocycles. The molecule has 1 unspecified atom stereocenters. The lowest BCUT2D eigenvalue weighted by Gasteiger charge is -2.24. The largest absolute Gasteiger partial charge is 0.495 e. The molecule has 0 saturated heterocycles. The van der Waals surface area contributed by atoms with E-state index in [9.17, 15) is 4.79 Å². The van der Waals surface area contributed by atoms with Gasteiger partial charge in [-0.05, 0) is 43.4 Å². The van der Waals surface area contributed by atoms with Crippen LogP contribution in [0.25, 0.3) is 0 Å². The second-order valence-electron chi connectivity index (χ2n) is 7.77. The van der Waals surface area contributed by atoms with E-state index < -0.39 is 0 Å². The van der Waals surface area contributed by atoms with Crippen LogP contribution in [0.3, 0.4) is 0 Å². The van der Waals surface area contributed by atoms with Gasteiger partial charge < -0.3 is 20.7 Å². The highest BCUT2D eigenvalue weighted by Crippen LogP contribution is 2.28. The van der Waals surface area contributed by atoms with Gasteiger partial charge in [-0.15, -0.1) is 0 Å². The third-order valence-corrected chi connectivity index (χ3v) is 5.37. The predicted molar refractivity (Wildman–Crippen MR) is 116 cm³/mol. The fourth-order valence-corrected chi connectivity index (χ4v) is 3.80.